The molecule has 0 aromatic carbocycles. The van der Waals surface area contributed by atoms with Crippen LogP contribution in [0.15, 0.2) is 11.1 Å². The van der Waals surface area contributed by atoms with Crippen molar-refractivity contribution in [3.05, 3.63) is 11.1 Å². The largest absolute Gasteiger partial charge is 0.469 e. The van der Waals surface area contributed by atoms with Gasteiger partial charge in [0.05, 0.1) is 12.7 Å². The third-order valence-corrected chi connectivity index (χ3v) is 14.7. The summed E-state index contributed by atoms with van der Waals surface area (Å²) in [5, 5.41) is 0.217. The highest BCUT2D eigenvalue weighted by atomic mass is 28.4. The molecule has 4 nitrogen and oxygen atoms in total. The van der Waals surface area contributed by atoms with Gasteiger partial charge < -0.3 is 13.6 Å². The normalized spacial score (nSPS) is 30.8. The number of hydrogen-bond acceptors (Lipinski definition) is 4. The maximum Gasteiger partial charge on any atom is 0.305 e. The lowest BCUT2D eigenvalue weighted by atomic mass is 9.71. The Labute approximate surface area is 208 Å². The molecule has 33 heavy (non-hydrogen) atoms. The zero-order chi connectivity index (χ0) is 25.4. The van der Waals surface area contributed by atoms with Crippen LogP contribution in [0.4, 0.5) is 0 Å². The molecule has 2 rings (SSSR count). The fraction of sp³-hybridized carbons (Fsp3) is 0.889. The maximum absolute atomic E-state index is 11.5. The van der Waals surface area contributed by atoms with E-state index in [2.05, 4.69) is 68.5 Å². The molecule has 6 heteroatoms. The molecule has 0 aromatic heterocycles. The second-order valence-electron chi connectivity index (χ2n) is 13.3. The summed E-state index contributed by atoms with van der Waals surface area (Å²) in [5.74, 6) is 1.97. The standard InChI is InChI=1S/C27H52O4Si2/c1-18-20(14-12-13-15-23(28)29-9)19(2)27(31-32)16-22(25(3,4)5)21(24(18)27)17-30-33(10,11)26(6,7)8/h18,21-22,24H,12-17H2,1-11,32H3. The molecule has 0 saturated heterocycles. The van der Waals surface area contributed by atoms with E-state index in [0.29, 0.717) is 30.1 Å². The lowest BCUT2D eigenvalue weighted by molar-refractivity contribution is -0.140. The Morgan fingerprint density at radius 2 is 1.76 bits per heavy atom. The summed E-state index contributed by atoms with van der Waals surface area (Å²) in [6, 6.07) is 0. The summed E-state index contributed by atoms with van der Waals surface area (Å²) in [6.07, 6.45) is 4.60. The van der Waals surface area contributed by atoms with Crippen molar-refractivity contribution in [2.24, 2.45) is 29.1 Å². The molecule has 0 spiro atoms. The minimum absolute atomic E-state index is 0.104. The summed E-state index contributed by atoms with van der Waals surface area (Å²) in [4.78, 5) is 11.5. The minimum atomic E-state index is -1.83. The first-order valence-corrected chi connectivity index (χ1v) is 16.7. The average Bonchev–Trinajstić information content (AvgIpc) is 3.15. The van der Waals surface area contributed by atoms with Crippen LogP contribution in [0, 0.1) is 29.1 Å². The van der Waals surface area contributed by atoms with Gasteiger partial charge in [-0.1, -0.05) is 54.0 Å². The molecule has 0 bridgehead atoms. The van der Waals surface area contributed by atoms with Gasteiger partial charge in [-0.25, -0.2) is 0 Å². The smallest absolute Gasteiger partial charge is 0.305 e. The summed E-state index contributed by atoms with van der Waals surface area (Å²) < 4.78 is 18.3. The zero-order valence-electron chi connectivity index (χ0n) is 23.7. The summed E-state index contributed by atoms with van der Waals surface area (Å²) in [6.45, 7) is 24.5. The first-order valence-electron chi connectivity index (χ1n) is 13.0. The molecule has 5 unspecified atom stereocenters. The fourth-order valence-electron chi connectivity index (χ4n) is 6.38. The highest BCUT2D eigenvalue weighted by molar-refractivity contribution is 6.74. The first kappa shape index (κ1) is 28.8. The number of rotatable bonds is 9. The van der Waals surface area contributed by atoms with Gasteiger partial charge in [-0.2, -0.15) is 0 Å². The zero-order valence-corrected chi connectivity index (χ0v) is 26.7. The van der Waals surface area contributed by atoms with E-state index in [1.807, 2.05) is 0 Å². The van der Waals surface area contributed by atoms with Gasteiger partial charge in [0.2, 0.25) is 0 Å². The molecular formula is C27H52O4Si2. The van der Waals surface area contributed by atoms with Crippen LogP contribution in [-0.4, -0.2) is 44.1 Å². The van der Waals surface area contributed by atoms with Crippen LogP contribution in [-0.2, 0) is 18.4 Å². The number of hydrogen-bond donors (Lipinski definition) is 0. The molecule has 0 aliphatic heterocycles. The molecule has 5 atom stereocenters. The highest BCUT2D eigenvalue weighted by Crippen LogP contribution is 2.63. The number of fused-ring (bicyclic) bond motifs is 1. The Hall–Kier alpha value is -0.436. The van der Waals surface area contributed by atoms with Crippen molar-refractivity contribution in [1.82, 2.24) is 0 Å². The minimum Gasteiger partial charge on any atom is -0.469 e. The SMILES string of the molecule is COC(=O)CCCCC1=C(C)C2(O[SiH3])CC(C(C)(C)C)C(CO[Si](C)(C)C(C)(C)C)C2C1C. The number of unbranched alkanes of at least 4 members (excludes halogenated alkanes) is 1. The molecule has 0 radical (unpaired) electrons. The fourth-order valence-corrected chi connectivity index (χ4v) is 8.17. The van der Waals surface area contributed by atoms with Crippen LogP contribution in [0.3, 0.4) is 0 Å². The third kappa shape index (κ3) is 5.70. The molecule has 0 N–H and O–H groups in total. The van der Waals surface area contributed by atoms with Gasteiger partial charge in [0.15, 0.2) is 8.32 Å². The Morgan fingerprint density at radius 1 is 1.15 bits per heavy atom. The molecule has 192 valence electrons. The van der Waals surface area contributed by atoms with Crippen LogP contribution in [0.5, 0.6) is 0 Å². The Balaban J connectivity index is 2.31. The van der Waals surface area contributed by atoms with Crippen molar-refractivity contribution in [2.75, 3.05) is 13.7 Å². The Morgan fingerprint density at radius 3 is 2.24 bits per heavy atom. The summed E-state index contributed by atoms with van der Waals surface area (Å²) >= 11 is 0. The predicted molar refractivity (Wildman–Crippen MR) is 144 cm³/mol. The third-order valence-electron chi connectivity index (χ3n) is 9.47. The molecule has 0 heterocycles. The Bertz CT molecular complexity index is 731. The van der Waals surface area contributed by atoms with Gasteiger partial charge in [-0.15, -0.1) is 0 Å². The van der Waals surface area contributed by atoms with Crippen LogP contribution in [0.2, 0.25) is 18.1 Å². The second kappa shape index (κ2) is 10.3. The monoisotopic (exact) mass is 496 g/mol. The molecular weight excluding hydrogens is 444 g/mol. The maximum atomic E-state index is 11.5. The van der Waals surface area contributed by atoms with Gasteiger partial charge in [0.25, 0.3) is 0 Å². The predicted octanol–water partition coefficient (Wildman–Crippen LogP) is 6.04. The average molecular weight is 497 g/mol. The Kier molecular flexibility index (Phi) is 8.97. The summed E-state index contributed by atoms with van der Waals surface area (Å²) in [7, 11) is 0.393. The number of methoxy groups -OCH3 is 1. The van der Waals surface area contributed by atoms with E-state index >= 15 is 0 Å². The molecule has 2 aliphatic carbocycles. The van der Waals surface area contributed by atoms with E-state index in [1.54, 1.807) is 5.57 Å². The quantitative estimate of drug-likeness (QED) is 0.169. The van der Waals surface area contributed by atoms with E-state index in [1.165, 1.54) is 12.7 Å². The van der Waals surface area contributed by atoms with Gasteiger partial charge in [-0.05, 0) is 79.5 Å². The van der Waals surface area contributed by atoms with Crippen LogP contribution < -0.4 is 0 Å². The van der Waals surface area contributed by atoms with E-state index in [-0.39, 0.29) is 22.0 Å². The van der Waals surface area contributed by atoms with Crippen molar-refractivity contribution in [3.8, 4) is 0 Å². The number of carbonyl (C=O) groups is 1. The van der Waals surface area contributed by atoms with Crippen molar-refractivity contribution in [3.63, 3.8) is 0 Å². The van der Waals surface area contributed by atoms with Gasteiger partial charge in [0.1, 0.15) is 10.5 Å². The number of carbonyl (C=O) groups excluding carboxylic acids is 1. The van der Waals surface area contributed by atoms with E-state index in [4.69, 9.17) is 13.6 Å². The number of ether oxygens (including phenoxy) is 1. The van der Waals surface area contributed by atoms with Crippen molar-refractivity contribution in [1.29, 1.82) is 0 Å². The molecule has 1 fully saturated rings. The van der Waals surface area contributed by atoms with Gasteiger partial charge in [0, 0.05) is 18.9 Å². The second-order valence-corrected chi connectivity index (χ2v) is 18.5. The molecule has 0 aromatic rings. The van der Waals surface area contributed by atoms with Gasteiger partial charge >= 0.3 is 5.97 Å². The van der Waals surface area contributed by atoms with E-state index in [0.717, 1.165) is 42.8 Å². The van der Waals surface area contributed by atoms with Crippen molar-refractivity contribution in [2.45, 2.75) is 111 Å². The van der Waals surface area contributed by atoms with Crippen molar-refractivity contribution >= 4 is 24.8 Å². The van der Waals surface area contributed by atoms with Gasteiger partial charge in [-0.3, -0.25) is 4.79 Å². The van der Waals surface area contributed by atoms with Crippen molar-refractivity contribution < 1.29 is 18.4 Å². The lowest BCUT2D eigenvalue weighted by Crippen LogP contribution is -2.44. The highest BCUT2D eigenvalue weighted by Gasteiger charge is 2.62. The lowest BCUT2D eigenvalue weighted by Gasteiger charge is -2.41. The van der Waals surface area contributed by atoms with Crippen LogP contribution in [0.25, 0.3) is 0 Å². The van der Waals surface area contributed by atoms with Crippen LogP contribution in [0.1, 0.15) is 87.5 Å². The van der Waals surface area contributed by atoms with E-state index < -0.39 is 8.32 Å². The molecule has 2 aliphatic rings. The molecule has 0 amide bonds. The number of allylic oxidation sites excluding steroid dienone is 1. The number of esters is 1. The first-order chi connectivity index (χ1) is 15.0. The topological polar surface area (TPSA) is 44.8 Å². The van der Waals surface area contributed by atoms with Crippen LogP contribution >= 0.6 is 0 Å². The molecule has 1 saturated carbocycles. The van der Waals surface area contributed by atoms with E-state index in [9.17, 15) is 4.79 Å². The summed E-state index contributed by atoms with van der Waals surface area (Å²) in [5.41, 5.74) is 3.16.